The van der Waals surface area contributed by atoms with Crippen molar-refractivity contribution in [3.63, 3.8) is 0 Å². The number of allylic oxidation sites excluding steroid dienone is 1. The minimum Gasteiger partial charge on any atom is -0.444 e. The number of anilines is 3. The fourth-order valence-electron chi connectivity index (χ4n) is 5.32. The lowest BCUT2D eigenvalue weighted by molar-refractivity contribution is -0.129. The van der Waals surface area contributed by atoms with Gasteiger partial charge in [0, 0.05) is 43.2 Å². The highest BCUT2D eigenvalue weighted by molar-refractivity contribution is 6.31. The third-order valence-electron chi connectivity index (χ3n) is 7.62. The second-order valence-electron chi connectivity index (χ2n) is 11.9. The number of rotatable bonds is 5. The van der Waals surface area contributed by atoms with Crippen molar-refractivity contribution in [1.82, 2.24) is 20.0 Å². The van der Waals surface area contributed by atoms with E-state index in [1.165, 1.54) is 11.0 Å². The fraction of sp³-hybridized carbons (Fsp3) is 0.483. The average Bonchev–Trinajstić information content (AvgIpc) is 3.09. The maximum atomic E-state index is 15.4. The van der Waals surface area contributed by atoms with Gasteiger partial charge in [0.25, 0.3) is 0 Å². The number of nitrogens with zero attached hydrogens (tertiary/aromatic N) is 4. The summed E-state index contributed by atoms with van der Waals surface area (Å²) in [5.74, 6) is -1.06. The number of amides is 2. The lowest BCUT2D eigenvalue weighted by Crippen LogP contribution is -2.57. The molecule has 1 fully saturated rings. The third kappa shape index (κ3) is 6.06. The van der Waals surface area contributed by atoms with Crippen LogP contribution in [0.2, 0.25) is 5.02 Å². The van der Waals surface area contributed by atoms with E-state index in [1.807, 2.05) is 26.1 Å². The number of aryl methyl sites for hydroxylation is 1. The molecule has 0 spiro atoms. The van der Waals surface area contributed by atoms with Crippen LogP contribution in [0.5, 0.6) is 0 Å². The number of nitrogens with one attached hydrogen (secondary N) is 2. The first kappa shape index (κ1) is 28.9. The number of likely N-dealkylation sites (tertiary alicyclic amines) is 1. The molecule has 2 aliphatic heterocycles. The van der Waals surface area contributed by atoms with E-state index < -0.39 is 29.7 Å². The van der Waals surface area contributed by atoms with Gasteiger partial charge in [0.2, 0.25) is 5.91 Å². The predicted octanol–water partition coefficient (Wildman–Crippen LogP) is 4.48. The van der Waals surface area contributed by atoms with E-state index in [4.69, 9.17) is 16.3 Å². The molecule has 41 heavy (non-hydrogen) atoms. The molecule has 1 aromatic heterocycles. The SMILES string of the molecule is CC1C=C(C(O)N2Cc3cnn(C)c3Nc3cc(Cl)ccc32)C=C(F)C1CNC(=O)C1CN(C(=O)OC(C)(C)C)C1. The van der Waals surface area contributed by atoms with Crippen LogP contribution in [0.1, 0.15) is 33.3 Å². The van der Waals surface area contributed by atoms with Crippen molar-refractivity contribution in [2.75, 3.05) is 29.9 Å². The van der Waals surface area contributed by atoms with Crippen molar-refractivity contribution in [2.24, 2.45) is 24.8 Å². The molecule has 220 valence electrons. The summed E-state index contributed by atoms with van der Waals surface area (Å²) >= 11 is 6.26. The molecule has 1 aromatic carbocycles. The number of hydrogen-bond donors (Lipinski definition) is 3. The average molecular weight is 587 g/mol. The molecule has 0 saturated carbocycles. The smallest absolute Gasteiger partial charge is 0.410 e. The van der Waals surface area contributed by atoms with Crippen molar-refractivity contribution < 1.29 is 23.8 Å². The first-order chi connectivity index (χ1) is 19.3. The number of carbonyl (C=O) groups is 2. The highest BCUT2D eigenvalue weighted by Gasteiger charge is 2.39. The molecule has 12 heteroatoms. The Labute approximate surface area is 243 Å². The number of benzene rings is 1. The van der Waals surface area contributed by atoms with Gasteiger partial charge in [0.1, 0.15) is 17.2 Å². The van der Waals surface area contributed by atoms with Crippen molar-refractivity contribution in [3.05, 3.63) is 58.5 Å². The maximum absolute atomic E-state index is 15.4. The Hall–Kier alpha value is -3.57. The molecular formula is C29H36ClFN6O4. The Morgan fingerprint density at radius 3 is 2.73 bits per heavy atom. The maximum Gasteiger partial charge on any atom is 0.410 e. The van der Waals surface area contributed by atoms with Gasteiger partial charge in [-0.25, -0.2) is 9.18 Å². The predicted molar refractivity (Wildman–Crippen MR) is 154 cm³/mol. The van der Waals surface area contributed by atoms with E-state index >= 15 is 4.39 Å². The number of fused-ring (bicyclic) bond motifs is 2. The first-order valence-electron chi connectivity index (χ1n) is 13.7. The summed E-state index contributed by atoms with van der Waals surface area (Å²) < 4.78 is 22.5. The summed E-state index contributed by atoms with van der Waals surface area (Å²) in [4.78, 5) is 28.1. The lowest BCUT2D eigenvalue weighted by Gasteiger charge is -2.39. The van der Waals surface area contributed by atoms with E-state index in [-0.39, 0.29) is 37.4 Å². The van der Waals surface area contributed by atoms with Crippen LogP contribution in [-0.2, 0) is 23.1 Å². The van der Waals surface area contributed by atoms with Crippen LogP contribution in [0.25, 0.3) is 0 Å². The van der Waals surface area contributed by atoms with Crippen molar-refractivity contribution >= 4 is 40.8 Å². The molecule has 10 nitrogen and oxygen atoms in total. The van der Waals surface area contributed by atoms with Gasteiger partial charge in [-0.05, 0) is 56.5 Å². The lowest BCUT2D eigenvalue weighted by atomic mass is 9.85. The summed E-state index contributed by atoms with van der Waals surface area (Å²) in [7, 11) is 1.83. The molecule has 0 bridgehead atoms. The van der Waals surface area contributed by atoms with Crippen LogP contribution in [-0.4, -0.2) is 63.3 Å². The van der Waals surface area contributed by atoms with Gasteiger partial charge in [0.15, 0.2) is 6.23 Å². The molecule has 1 saturated heterocycles. The Kier molecular flexibility index (Phi) is 7.78. The molecule has 3 N–H and O–H groups in total. The Bertz CT molecular complexity index is 1410. The van der Waals surface area contributed by atoms with Crippen LogP contribution < -0.4 is 15.5 Å². The summed E-state index contributed by atoms with van der Waals surface area (Å²) in [6, 6.07) is 5.35. The second-order valence-corrected chi connectivity index (χ2v) is 12.4. The van der Waals surface area contributed by atoms with Crippen molar-refractivity contribution in [2.45, 2.75) is 46.1 Å². The number of halogens is 2. The molecular weight excluding hydrogens is 551 g/mol. The van der Waals surface area contributed by atoms with Gasteiger partial charge in [-0.3, -0.25) is 9.48 Å². The second kappa shape index (κ2) is 11.0. The normalized spacial score (nSPS) is 21.4. The van der Waals surface area contributed by atoms with E-state index in [0.29, 0.717) is 22.8 Å². The Balaban J connectivity index is 1.23. The summed E-state index contributed by atoms with van der Waals surface area (Å²) in [5, 5.41) is 22.6. The van der Waals surface area contributed by atoms with Gasteiger partial charge in [-0.1, -0.05) is 24.6 Å². The van der Waals surface area contributed by atoms with Gasteiger partial charge in [-0.15, -0.1) is 0 Å². The molecule has 5 rings (SSSR count). The number of hydrogen-bond acceptors (Lipinski definition) is 7. The molecule has 3 heterocycles. The molecule has 2 aromatic rings. The fourth-order valence-corrected chi connectivity index (χ4v) is 5.49. The van der Waals surface area contributed by atoms with Crippen LogP contribution >= 0.6 is 11.6 Å². The van der Waals surface area contributed by atoms with Crippen LogP contribution in [0.15, 0.2) is 47.9 Å². The quantitative estimate of drug-likeness (QED) is 0.473. The third-order valence-corrected chi connectivity index (χ3v) is 7.85. The molecule has 3 atom stereocenters. The molecule has 2 amide bonds. The van der Waals surface area contributed by atoms with Gasteiger partial charge >= 0.3 is 6.09 Å². The largest absolute Gasteiger partial charge is 0.444 e. The van der Waals surface area contributed by atoms with E-state index in [2.05, 4.69) is 15.7 Å². The summed E-state index contributed by atoms with van der Waals surface area (Å²) in [5.41, 5.74) is 2.12. The van der Waals surface area contributed by atoms with Crippen molar-refractivity contribution in [1.29, 1.82) is 0 Å². The number of carbonyl (C=O) groups excluding carboxylic acids is 2. The van der Waals surface area contributed by atoms with Crippen LogP contribution in [0.3, 0.4) is 0 Å². The number of aliphatic hydroxyl groups excluding tert-OH is 1. The topological polar surface area (TPSA) is 112 Å². The highest BCUT2D eigenvalue weighted by Crippen LogP contribution is 2.40. The van der Waals surface area contributed by atoms with E-state index in [9.17, 15) is 14.7 Å². The Morgan fingerprint density at radius 2 is 2.05 bits per heavy atom. The minimum absolute atomic E-state index is 0.110. The molecule has 0 radical (unpaired) electrons. The minimum atomic E-state index is -1.14. The summed E-state index contributed by atoms with van der Waals surface area (Å²) in [6.07, 6.45) is 3.35. The number of aliphatic hydroxyl groups is 1. The highest BCUT2D eigenvalue weighted by atomic mass is 35.5. The standard InChI is InChI=1S/C29H36ClFN6O4/c1-16-8-17(9-22(31)21(16)12-32-26(38)19-13-36(14-19)28(40)41-29(2,3)4)27(39)37-15-18-11-33-35(5)25(18)34-23-10-20(30)6-7-24(23)37/h6-11,16,19,21,27,34,39H,12-15H2,1-5H3,(H,32,38). The zero-order valence-electron chi connectivity index (χ0n) is 23.8. The molecule has 3 unspecified atom stereocenters. The van der Waals surface area contributed by atoms with E-state index in [1.54, 1.807) is 48.7 Å². The zero-order chi connectivity index (χ0) is 29.6. The zero-order valence-corrected chi connectivity index (χ0v) is 24.6. The van der Waals surface area contributed by atoms with E-state index in [0.717, 1.165) is 17.1 Å². The Morgan fingerprint density at radius 1 is 1.32 bits per heavy atom. The van der Waals surface area contributed by atoms with Crippen molar-refractivity contribution in [3.8, 4) is 0 Å². The van der Waals surface area contributed by atoms with Gasteiger partial charge in [-0.2, -0.15) is 5.10 Å². The van der Waals surface area contributed by atoms with Crippen LogP contribution in [0.4, 0.5) is 26.4 Å². The monoisotopic (exact) mass is 586 g/mol. The van der Waals surface area contributed by atoms with Gasteiger partial charge < -0.3 is 30.3 Å². The molecule has 1 aliphatic carbocycles. The summed E-state index contributed by atoms with van der Waals surface area (Å²) in [6.45, 7) is 8.22. The number of ether oxygens (including phenoxy) is 1. The number of aromatic nitrogens is 2. The van der Waals surface area contributed by atoms with Gasteiger partial charge in [0.05, 0.1) is 30.0 Å². The van der Waals surface area contributed by atoms with Crippen LogP contribution in [0, 0.1) is 17.8 Å². The molecule has 3 aliphatic rings. The first-order valence-corrected chi connectivity index (χ1v) is 14.0.